The van der Waals surface area contributed by atoms with Crippen LogP contribution in [0, 0.1) is 0 Å². The molecule has 0 aliphatic carbocycles. The van der Waals surface area contributed by atoms with Crippen LogP contribution < -0.4 is 5.56 Å². The molecule has 7 aromatic carbocycles. The Labute approximate surface area is 251 Å². The lowest BCUT2D eigenvalue weighted by Gasteiger charge is -2.13. The molecule has 3 heterocycles. The lowest BCUT2D eigenvalue weighted by atomic mass is 9.98. The molecule has 0 aliphatic rings. The minimum atomic E-state index is 0.0357. The fraction of sp³-hybridized carbons (Fsp3) is 0. The van der Waals surface area contributed by atoms with Gasteiger partial charge in [0.1, 0.15) is 0 Å². The number of aromatic nitrogens is 2. The molecule has 3 heteroatoms. The summed E-state index contributed by atoms with van der Waals surface area (Å²) in [6.07, 6.45) is 0. The van der Waals surface area contributed by atoms with Crippen molar-refractivity contribution in [2.45, 2.75) is 0 Å². The first-order chi connectivity index (χ1) is 21.8. The second-order valence-corrected chi connectivity index (χ2v) is 11.7. The van der Waals surface area contributed by atoms with E-state index in [1.165, 1.54) is 38.3 Å². The van der Waals surface area contributed by atoms with Gasteiger partial charge in [0.2, 0.25) is 0 Å². The second kappa shape index (κ2) is 8.56. The molecular formula is C41H24N2O. The summed E-state index contributed by atoms with van der Waals surface area (Å²) < 4.78 is 4.31. The van der Waals surface area contributed by atoms with Crippen LogP contribution in [0.1, 0.15) is 0 Å². The van der Waals surface area contributed by atoms with Gasteiger partial charge >= 0.3 is 0 Å². The number of para-hydroxylation sites is 3. The summed E-state index contributed by atoms with van der Waals surface area (Å²) in [5.41, 5.74) is 7.82. The smallest absolute Gasteiger partial charge is 0.263 e. The highest BCUT2D eigenvalue weighted by Gasteiger charge is 2.18. The molecule has 0 saturated carbocycles. The Morgan fingerprint density at radius 2 is 0.955 bits per heavy atom. The Morgan fingerprint density at radius 3 is 1.70 bits per heavy atom. The van der Waals surface area contributed by atoms with Crippen molar-refractivity contribution in [2.24, 2.45) is 0 Å². The summed E-state index contributed by atoms with van der Waals surface area (Å²) in [7, 11) is 0. The molecule has 0 fully saturated rings. The molecule has 0 radical (unpaired) electrons. The van der Waals surface area contributed by atoms with Crippen LogP contribution in [0.15, 0.2) is 150 Å². The number of pyridine rings is 1. The van der Waals surface area contributed by atoms with E-state index in [0.717, 1.165) is 49.1 Å². The van der Waals surface area contributed by atoms with Gasteiger partial charge in [0.05, 0.1) is 27.8 Å². The molecule has 0 spiro atoms. The maximum atomic E-state index is 13.8. The van der Waals surface area contributed by atoms with Crippen LogP contribution in [-0.2, 0) is 0 Å². The topological polar surface area (TPSA) is 26.4 Å². The molecule has 0 atom stereocenters. The molecule has 10 aromatic rings. The highest BCUT2D eigenvalue weighted by atomic mass is 16.1. The molecule has 0 saturated heterocycles. The average molecular weight is 561 g/mol. The molecule has 10 rings (SSSR count). The molecule has 0 aliphatic heterocycles. The van der Waals surface area contributed by atoms with Gasteiger partial charge in [-0.2, -0.15) is 0 Å². The van der Waals surface area contributed by atoms with Crippen LogP contribution in [0.25, 0.3) is 87.4 Å². The lowest BCUT2D eigenvalue weighted by molar-refractivity contribution is 1.20. The SMILES string of the molecule is O=c1c2ccccc2c2cccc3c4cc(-c5ccc6cccc(-n7c8ccccc8c8ccccc87)c6c5)ccc4n1c23. The van der Waals surface area contributed by atoms with E-state index >= 15 is 0 Å². The van der Waals surface area contributed by atoms with E-state index in [1.807, 2.05) is 22.6 Å². The van der Waals surface area contributed by atoms with Crippen molar-refractivity contribution in [3.63, 3.8) is 0 Å². The minimum Gasteiger partial charge on any atom is -0.309 e. The van der Waals surface area contributed by atoms with Crippen molar-refractivity contribution < 1.29 is 0 Å². The maximum Gasteiger partial charge on any atom is 0.263 e. The van der Waals surface area contributed by atoms with E-state index in [4.69, 9.17) is 0 Å². The van der Waals surface area contributed by atoms with Gasteiger partial charge in [-0.3, -0.25) is 9.20 Å². The summed E-state index contributed by atoms with van der Waals surface area (Å²) >= 11 is 0. The zero-order valence-corrected chi connectivity index (χ0v) is 23.7. The first-order valence-corrected chi connectivity index (χ1v) is 15.0. The summed E-state index contributed by atoms with van der Waals surface area (Å²) in [4.78, 5) is 13.8. The number of fused-ring (bicyclic) bond motifs is 9. The molecule has 0 unspecified atom stereocenters. The number of hydrogen-bond donors (Lipinski definition) is 0. The Bertz CT molecular complexity index is 2800. The van der Waals surface area contributed by atoms with Gasteiger partial charge in [-0.1, -0.05) is 103 Å². The van der Waals surface area contributed by atoms with E-state index in [2.05, 4.69) is 132 Å². The van der Waals surface area contributed by atoms with Crippen molar-refractivity contribution in [2.75, 3.05) is 0 Å². The molecule has 44 heavy (non-hydrogen) atoms. The second-order valence-electron chi connectivity index (χ2n) is 11.7. The quantitative estimate of drug-likeness (QED) is 0.193. The maximum absolute atomic E-state index is 13.8. The van der Waals surface area contributed by atoms with E-state index < -0.39 is 0 Å². The Balaban J connectivity index is 1.24. The summed E-state index contributed by atoms with van der Waals surface area (Å²) in [6.45, 7) is 0. The standard InChI is InChI=1S/C41H24N2O/c44-41-33-13-2-1-10-28(33)31-14-8-15-32-35-24-27(21-22-39(35)43(41)40(31)32)26-20-19-25-9-7-18-38(34(25)23-26)42-36-16-5-3-11-29(36)30-12-4-6-17-37(30)42/h1-24H. The van der Waals surface area contributed by atoms with E-state index in [1.54, 1.807) is 0 Å². The van der Waals surface area contributed by atoms with Crippen LogP contribution >= 0.6 is 0 Å². The molecule has 3 aromatic heterocycles. The third-order valence-corrected chi connectivity index (χ3v) is 9.45. The highest BCUT2D eigenvalue weighted by molar-refractivity contribution is 6.20. The van der Waals surface area contributed by atoms with Crippen LogP contribution in [0.2, 0.25) is 0 Å². The van der Waals surface area contributed by atoms with Gasteiger partial charge in [-0.25, -0.2) is 0 Å². The van der Waals surface area contributed by atoms with Gasteiger partial charge in [0, 0.05) is 37.7 Å². The molecule has 204 valence electrons. The van der Waals surface area contributed by atoms with Crippen LogP contribution in [0.4, 0.5) is 0 Å². The fourth-order valence-electron chi connectivity index (χ4n) is 7.51. The zero-order valence-electron chi connectivity index (χ0n) is 23.7. The monoisotopic (exact) mass is 560 g/mol. The predicted octanol–water partition coefficient (Wildman–Crippen LogP) is 10.1. The van der Waals surface area contributed by atoms with Gasteiger partial charge in [-0.15, -0.1) is 0 Å². The van der Waals surface area contributed by atoms with Gasteiger partial charge < -0.3 is 4.57 Å². The van der Waals surface area contributed by atoms with Crippen molar-refractivity contribution in [1.29, 1.82) is 0 Å². The van der Waals surface area contributed by atoms with Crippen molar-refractivity contribution in [3.8, 4) is 16.8 Å². The molecule has 0 bridgehead atoms. The summed E-state index contributed by atoms with van der Waals surface area (Å²) in [6, 6.07) is 51.5. The van der Waals surface area contributed by atoms with Crippen molar-refractivity contribution >= 4 is 70.5 Å². The Kier molecular flexibility index (Phi) is 4.59. The fourth-order valence-corrected chi connectivity index (χ4v) is 7.51. The van der Waals surface area contributed by atoms with Crippen LogP contribution in [0.5, 0.6) is 0 Å². The predicted molar refractivity (Wildman–Crippen MR) is 185 cm³/mol. The minimum absolute atomic E-state index is 0.0357. The Morgan fingerprint density at radius 1 is 0.386 bits per heavy atom. The van der Waals surface area contributed by atoms with Crippen LogP contribution in [-0.4, -0.2) is 8.97 Å². The summed E-state index contributed by atoms with van der Waals surface area (Å²) in [5.74, 6) is 0. The van der Waals surface area contributed by atoms with Crippen molar-refractivity contribution in [1.82, 2.24) is 8.97 Å². The number of rotatable bonds is 2. The number of nitrogens with zero attached hydrogens (tertiary/aromatic N) is 2. The molecule has 0 amide bonds. The first-order valence-electron chi connectivity index (χ1n) is 15.0. The van der Waals surface area contributed by atoms with Gasteiger partial charge in [0.15, 0.2) is 0 Å². The molecular weight excluding hydrogens is 536 g/mol. The zero-order chi connectivity index (χ0) is 28.9. The molecule has 0 N–H and O–H groups in total. The van der Waals surface area contributed by atoms with Gasteiger partial charge in [0.25, 0.3) is 5.56 Å². The average Bonchev–Trinajstić information content (AvgIpc) is 3.60. The summed E-state index contributed by atoms with van der Waals surface area (Å²) in [5, 5.41) is 9.97. The molecule has 3 nitrogen and oxygen atoms in total. The van der Waals surface area contributed by atoms with E-state index in [0.29, 0.717) is 0 Å². The third kappa shape index (κ3) is 3.03. The largest absolute Gasteiger partial charge is 0.309 e. The first kappa shape index (κ1) is 23.6. The third-order valence-electron chi connectivity index (χ3n) is 9.45. The van der Waals surface area contributed by atoms with Crippen molar-refractivity contribution in [3.05, 3.63) is 156 Å². The normalized spacial score (nSPS) is 12.2. The number of benzene rings is 7. The van der Waals surface area contributed by atoms with Gasteiger partial charge in [-0.05, 0) is 64.4 Å². The van der Waals surface area contributed by atoms with E-state index in [-0.39, 0.29) is 5.56 Å². The lowest BCUT2D eigenvalue weighted by Crippen LogP contribution is -2.12. The Hall–Kier alpha value is -5.93. The van der Waals surface area contributed by atoms with E-state index in [9.17, 15) is 4.79 Å². The van der Waals surface area contributed by atoms with Crippen LogP contribution in [0.3, 0.4) is 0 Å². The number of hydrogen-bond acceptors (Lipinski definition) is 1. The highest BCUT2D eigenvalue weighted by Crippen LogP contribution is 2.38.